The van der Waals surface area contributed by atoms with E-state index in [2.05, 4.69) is 5.32 Å². The summed E-state index contributed by atoms with van der Waals surface area (Å²) in [7, 11) is -0.617. The topological polar surface area (TPSA) is 69.7 Å². The number of fused-ring (bicyclic) bond motifs is 1. The summed E-state index contributed by atoms with van der Waals surface area (Å²) in [4.78, 5) is 13.3. The molecule has 0 saturated carbocycles. The molecular weight excluding hydrogens is 326 g/mol. The van der Waals surface area contributed by atoms with E-state index < -0.39 is 21.2 Å². The number of nitrogens with one attached hydrogen (secondary N) is 1. The first-order chi connectivity index (χ1) is 9.85. The summed E-state index contributed by atoms with van der Waals surface area (Å²) in [5.41, 5.74) is 1.57. The maximum absolute atomic E-state index is 12.8. The van der Waals surface area contributed by atoms with Crippen molar-refractivity contribution in [1.82, 2.24) is 10.2 Å². The van der Waals surface area contributed by atoms with E-state index in [0.717, 1.165) is 5.56 Å². The maximum Gasteiger partial charge on any atom is 0.246 e. The number of rotatable bonds is 3. The molecule has 0 aromatic heterocycles. The molecule has 1 unspecified atom stereocenters. The van der Waals surface area contributed by atoms with Gasteiger partial charge in [0.15, 0.2) is 5.25 Å². The largest absolute Gasteiger partial charge is 0.348 e. The van der Waals surface area contributed by atoms with E-state index in [1.807, 2.05) is 18.2 Å². The Bertz CT molecular complexity index is 634. The van der Waals surface area contributed by atoms with Crippen LogP contribution in [0, 0.1) is 0 Å². The number of carbonyl (C=O) groups is 1. The number of halogens is 1. The Morgan fingerprint density at radius 3 is 2.59 bits per heavy atom. The minimum Gasteiger partial charge on any atom is -0.348 e. The van der Waals surface area contributed by atoms with Crippen molar-refractivity contribution in [3.05, 3.63) is 29.8 Å². The van der Waals surface area contributed by atoms with Crippen LogP contribution in [0.25, 0.3) is 0 Å². The molecule has 2 rings (SSSR count). The number of benzene rings is 1. The summed E-state index contributed by atoms with van der Waals surface area (Å²) in [5.74, 6) is -0.412. The van der Waals surface area contributed by atoms with Gasteiger partial charge in [-0.3, -0.25) is 9.10 Å². The van der Waals surface area contributed by atoms with Crippen molar-refractivity contribution in [1.29, 1.82) is 0 Å². The molecule has 1 aromatic carbocycles. The Kier molecular flexibility index (Phi) is 6.22. The standard InChI is InChI=1S/C14H21N3O3S.ClH/c1-11(14(18)16(2)3)21(19,20)17-9-8-15-10-12-6-4-5-7-13(12)17;/h4-7,11,15H,8-10H2,1-3H3;1H. The van der Waals surface area contributed by atoms with Gasteiger partial charge in [0.05, 0.1) is 5.69 Å². The van der Waals surface area contributed by atoms with Gasteiger partial charge in [0.25, 0.3) is 0 Å². The second-order valence-electron chi connectivity index (χ2n) is 5.30. The smallest absolute Gasteiger partial charge is 0.246 e. The van der Waals surface area contributed by atoms with Crippen LogP contribution in [0.1, 0.15) is 12.5 Å². The molecule has 8 heteroatoms. The number of anilines is 1. The lowest BCUT2D eigenvalue weighted by atomic mass is 10.2. The van der Waals surface area contributed by atoms with Crippen LogP contribution in [-0.4, -0.2) is 51.7 Å². The first-order valence-electron chi connectivity index (χ1n) is 6.87. The van der Waals surface area contributed by atoms with Gasteiger partial charge in [-0.05, 0) is 18.6 Å². The lowest BCUT2D eigenvalue weighted by molar-refractivity contribution is -0.127. The monoisotopic (exact) mass is 347 g/mol. The quantitative estimate of drug-likeness (QED) is 0.879. The van der Waals surface area contributed by atoms with Crippen molar-refractivity contribution < 1.29 is 13.2 Å². The molecule has 124 valence electrons. The van der Waals surface area contributed by atoms with Crippen molar-refractivity contribution in [2.75, 3.05) is 31.5 Å². The van der Waals surface area contributed by atoms with Crippen LogP contribution in [0.2, 0.25) is 0 Å². The lowest BCUT2D eigenvalue weighted by Gasteiger charge is -2.28. The number of para-hydroxylation sites is 1. The molecule has 1 aliphatic rings. The van der Waals surface area contributed by atoms with Crippen molar-refractivity contribution in [3.63, 3.8) is 0 Å². The fourth-order valence-corrected chi connectivity index (χ4v) is 4.02. The van der Waals surface area contributed by atoms with Gasteiger partial charge >= 0.3 is 0 Å². The summed E-state index contributed by atoms with van der Waals surface area (Å²) < 4.78 is 27.0. The van der Waals surface area contributed by atoms with Crippen LogP contribution in [0.3, 0.4) is 0 Å². The van der Waals surface area contributed by atoms with Gasteiger partial charge in [0.2, 0.25) is 15.9 Å². The first-order valence-corrected chi connectivity index (χ1v) is 8.37. The molecule has 0 spiro atoms. The molecule has 1 atom stereocenters. The third-order valence-corrected chi connectivity index (χ3v) is 5.70. The summed E-state index contributed by atoms with van der Waals surface area (Å²) in [6, 6.07) is 7.37. The fraction of sp³-hybridized carbons (Fsp3) is 0.500. The molecule has 1 aromatic rings. The van der Waals surface area contributed by atoms with Crippen LogP contribution < -0.4 is 9.62 Å². The number of sulfonamides is 1. The predicted molar refractivity (Wildman–Crippen MR) is 89.8 cm³/mol. The molecule has 1 aliphatic heterocycles. The SMILES string of the molecule is CC(C(=O)N(C)C)S(=O)(=O)N1CCNCc2ccccc21.Cl. The highest BCUT2D eigenvalue weighted by Crippen LogP contribution is 2.26. The third kappa shape index (κ3) is 3.53. The Morgan fingerprint density at radius 2 is 1.95 bits per heavy atom. The second-order valence-corrected chi connectivity index (χ2v) is 7.48. The van der Waals surface area contributed by atoms with Crippen molar-refractivity contribution in [2.24, 2.45) is 0 Å². The fourth-order valence-electron chi connectivity index (χ4n) is 2.37. The van der Waals surface area contributed by atoms with Gasteiger partial charge in [-0.25, -0.2) is 8.42 Å². The van der Waals surface area contributed by atoms with Crippen LogP contribution in [0.4, 0.5) is 5.69 Å². The average Bonchev–Trinajstić information content (AvgIpc) is 2.68. The van der Waals surface area contributed by atoms with Crippen LogP contribution in [0.15, 0.2) is 24.3 Å². The zero-order valence-corrected chi connectivity index (χ0v) is 14.6. The van der Waals surface area contributed by atoms with E-state index in [-0.39, 0.29) is 12.4 Å². The minimum atomic E-state index is -3.74. The Labute approximate surface area is 137 Å². The third-order valence-electron chi connectivity index (χ3n) is 3.61. The maximum atomic E-state index is 12.8. The first kappa shape index (κ1) is 18.7. The summed E-state index contributed by atoms with van der Waals surface area (Å²) >= 11 is 0. The summed E-state index contributed by atoms with van der Waals surface area (Å²) in [6.07, 6.45) is 0. The highest BCUT2D eigenvalue weighted by Gasteiger charge is 2.36. The van der Waals surface area contributed by atoms with Crippen LogP contribution in [0.5, 0.6) is 0 Å². The number of hydrogen-bond acceptors (Lipinski definition) is 4. The molecule has 0 radical (unpaired) electrons. The van der Waals surface area contributed by atoms with Crippen molar-refractivity contribution >= 4 is 34.0 Å². The average molecular weight is 348 g/mol. The van der Waals surface area contributed by atoms with Gasteiger partial charge in [-0.1, -0.05) is 18.2 Å². The van der Waals surface area contributed by atoms with Gasteiger partial charge in [0, 0.05) is 33.7 Å². The molecule has 1 N–H and O–H groups in total. The highest BCUT2D eigenvalue weighted by atomic mass is 35.5. The molecular formula is C14H22ClN3O3S. The van der Waals surface area contributed by atoms with Crippen molar-refractivity contribution in [2.45, 2.75) is 18.7 Å². The van der Waals surface area contributed by atoms with Crippen LogP contribution >= 0.6 is 12.4 Å². The van der Waals surface area contributed by atoms with E-state index in [1.54, 1.807) is 20.2 Å². The molecule has 1 heterocycles. The summed E-state index contributed by atoms with van der Waals surface area (Å²) in [5, 5.41) is 2.10. The number of carbonyl (C=O) groups excluding carboxylic acids is 1. The van der Waals surface area contributed by atoms with Crippen molar-refractivity contribution in [3.8, 4) is 0 Å². The van der Waals surface area contributed by atoms with Crippen LogP contribution in [-0.2, 0) is 21.4 Å². The van der Waals surface area contributed by atoms with Gasteiger partial charge < -0.3 is 10.2 Å². The molecule has 0 aliphatic carbocycles. The van der Waals surface area contributed by atoms with Gasteiger partial charge in [-0.2, -0.15) is 0 Å². The molecule has 6 nitrogen and oxygen atoms in total. The lowest BCUT2D eigenvalue weighted by Crippen LogP contribution is -2.46. The van der Waals surface area contributed by atoms with E-state index in [9.17, 15) is 13.2 Å². The van der Waals surface area contributed by atoms with Gasteiger partial charge in [-0.15, -0.1) is 12.4 Å². The Morgan fingerprint density at radius 1 is 1.32 bits per heavy atom. The zero-order valence-electron chi connectivity index (χ0n) is 12.9. The van der Waals surface area contributed by atoms with E-state index in [0.29, 0.717) is 25.3 Å². The molecule has 1 amide bonds. The van der Waals surface area contributed by atoms with E-state index in [1.165, 1.54) is 16.1 Å². The zero-order chi connectivity index (χ0) is 15.6. The van der Waals surface area contributed by atoms with E-state index in [4.69, 9.17) is 0 Å². The Hall–Kier alpha value is -1.31. The van der Waals surface area contributed by atoms with Gasteiger partial charge in [0.1, 0.15) is 0 Å². The number of nitrogens with zero attached hydrogens (tertiary/aromatic N) is 2. The summed E-state index contributed by atoms with van der Waals surface area (Å²) in [6.45, 7) is 2.94. The second kappa shape index (κ2) is 7.30. The molecule has 0 saturated heterocycles. The molecule has 0 bridgehead atoms. The number of hydrogen-bond donors (Lipinski definition) is 1. The predicted octanol–water partition coefficient (Wildman–Crippen LogP) is 0.825. The Balaban J connectivity index is 0.00000242. The number of amides is 1. The highest BCUT2D eigenvalue weighted by molar-refractivity contribution is 7.94. The molecule has 0 fully saturated rings. The van der Waals surface area contributed by atoms with E-state index >= 15 is 0 Å². The molecule has 22 heavy (non-hydrogen) atoms. The normalized spacial score (nSPS) is 16.0. The minimum absolute atomic E-state index is 0.